The number of hydrogen-bond acceptors (Lipinski definition) is 10. The van der Waals surface area contributed by atoms with Gasteiger partial charge in [0.15, 0.2) is 29.2 Å². The summed E-state index contributed by atoms with van der Waals surface area (Å²) in [7, 11) is 1.28. The summed E-state index contributed by atoms with van der Waals surface area (Å²) < 4.78 is 29.3. The van der Waals surface area contributed by atoms with Gasteiger partial charge < -0.3 is 39.4 Å². The number of fused-ring (bicyclic) bond motifs is 1. The van der Waals surface area contributed by atoms with Gasteiger partial charge in [-0.25, -0.2) is 9.59 Å². The number of methoxy groups -OCH3 is 1. The van der Waals surface area contributed by atoms with E-state index in [9.17, 15) is 14.7 Å². The molecule has 12 nitrogen and oxygen atoms in total. The number of carbonyl (C=O) groups excluding carboxylic acids is 2. The van der Waals surface area contributed by atoms with Crippen molar-refractivity contribution < 1.29 is 38.4 Å². The molecule has 13 heteroatoms. The summed E-state index contributed by atoms with van der Waals surface area (Å²) in [6.45, 7) is 6.30. The zero-order valence-electron chi connectivity index (χ0n) is 28.1. The third kappa shape index (κ3) is 8.84. The smallest absolute Gasteiger partial charge is 0.337 e. The quantitative estimate of drug-likeness (QED) is 0.0490. The van der Waals surface area contributed by atoms with E-state index >= 15 is 0 Å². The van der Waals surface area contributed by atoms with Crippen LogP contribution in [0.25, 0.3) is 10.8 Å². The second-order valence-electron chi connectivity index (χ2n) is 11.1. The van der Waals surface area contributed by atoms with Crippen LogP contribution in [0.5, 0.6) is 23.0 Å². The highest BCUT2D eigenvalue weighted by atomic mass is 79.9. The number of rotatable bonds is 15. The molecule has 0 spiro atoms. The number of carbonyl (C=O) groups is 2. The van der Waals surface area contributed by atoms with Crippen molar-refractivity contribution in [3.8, 4) is 23.0 Å². The number of hydrogen-bond donors (Lipinski definition) is 4. The molecule has 5 rings (SSSR count). The van der Waals surface area contributed by atoms with E-state index in [1.165, 1.54) is 12.5 Å². The molecule has 0 aromatic heterocycles. The number of aliphatic hydroxyl groups excluding tert-OH is 1. The van der Waals surface area contributed by atoms with E-state index in [1.807, 2.05) is 38.1 Å². The lowest BCUT2D eigenvalue weighted by Crippen LogP contribution is -2.45. The number of nitrogens with zero attached hydrogens (tertiary/aromatic N) is 1. The molecule has 0 saturated heterocycles. The zero-order valence-corrected chi connectivity index (χ0v) is 29.7. The van der Waals surface area contributed by atoms with E-state index < -0.39 is 24.3 Å². The summed E-state index contributed by atoms with van der Waals surface area (Å²) in [6, 6.07) is 21.9. The predicted molar refractivity (Wildman–Crippen MR) is 193 cm³/mol. The second-order valence-corrected chi connectivity index (χ2v) is 12.0. The highest BCUT2D eigenvalue weighted by molar-refractivity contribution is 9.10. The summed E-state index contributed by atoms with van der Waals surface area (Å²) >= 11 is 3.61. The van der Waals surface area contributed by atoms with Gasteiger partial charge >= 0.3 is 12.0 Å². The number of nitrogens with one attached hydrogen (secondary N) is 3. The minimum atomic E-state index is -1.17. The van der Waals surface area contributed by atoms with Crippen molar-refractivity contribution >= 4 is 44.9 Å². The maximum absolute atomic E-state index is 12.5. The molecule has 1 aliphatic rings. The van der Waals surface area contributed by atoms with Gasteiger partial charge in [-0.3, -0.25) is 5.43 Å². The molecule has 262 valence electrons. The number of allylic oxidation sites excluding steroid dienone is 1. The predicted octanol–water partition coefficient (Wildman–Crippen LogP) is 6.10. The molecular formula is C37H39BrN4O8. The minimum absolute atomic E-state index is 0.164. The van der Waals surface area contributed by atoms with E-state index in [1.54, 1.807) is 37.4 Å². The van der Waals surface area contributed by atoms with Crippen LogP contribution in [0.2, 0.25) is 0 Å². The topological polar surface area (TPSA) is 149 Å². The van der Waals surface area contributed by atoms with Crippen molar-refractivity contribution in [2.75, 3.05) is 26.9 Å². The van der Waals surface area contributed by atoms with Crippen LogP contribution in [0.3, 0.4) is 0 Å². The van der Waals surface area contributed by atoms with Crippen molar-refractivity contribution in [1.29, 1.82) is 0 Å². The van der Waals surface area contributed by atoms with Crippen LogP contribution in [-0.2, 0) is 16.1 Å². The third-order valence-corrected chi connectivity index (χ3v) is 8.23. The molecule has 4 aromatic rings. The van der Waals surface area contributed by atoms with Gasteiger partial charge in [0.05, 0.1) is 42.6 Å². The molecule has 1 aliphatic heterocycles. The molecular weight excluding hydrogens is 708 g/mol. The van der Waals surface area contributed by atoms with Crippen molar-refractivity contribution in [3.63, 3.8) is 0 Å². The first-order valence-corrected chi connectivity index (χ1v) is 16.8. The maximum atomic E-state index is 12.5. The lowest BCUT2D eigenvalue weighted by molar-refractivity contribution is -0.136. The van der Waals surface area contributed by atoms with Crippen molar-refractivity contribution in [2.45, 2.75) is 39.6 Å². The number of amides is 2. The van der Waals surface area contributed by atoms with Gasteiger partial charge in [-0.2, -0.15) is 5.10 Å². The van der Waals surface area contributed by atoms with Gasteiger partial charge in [0.1, 0.15) is 13.2 Å². The Morgan fingerprint density at radius 3 is 2.48 bits per heavy atom. The largest absolute Gasteiger partial charge is 0.490 e. The standard InChI is InChI=1S/C37H39BrN4O8/c1-5-47-30-18-27(34-33(36(44)46-4)22(3)40-37(45)41-34)13-14-29(30)49-21-32(43)42-39-19-24-16-28(38)35(31(17-24)48-6-2)50-20-23-11-12-25-9-7-8-10-26(25)15-23/h7-19,32,34,42-43H,5-6,20-21H2,1-4H3,(H2,40,41,45)/b39-19-/t32-,34+/m0/s1. The van der Waals surface area contributed by atoms with Gasteiger partial charge in [0.25, 0.3) is 0 Å². The average Bonchev–Trinajstić information content (AvgIpc) is 3.10. The normalized spacial score (nSPS) is 14.9. The number of aliphatic hydroxyl groups is 1. The van der Waals surface area contributed by atoms with Crippen LogP contribution in [0.4, 0.5) is 4.79 Å². The van der Waals surface area contributed by atoms with Crippen LogP contribution < -0.4 is 35.0 Å². The Labute approximate surface area is 298 Å². The van der Waals surface area contributed by atoms with Crippen molar-refractivity contribution in [1.82, 2.24) is 16.1 Å². The Morgan fingerprint density at radius 1 is 0.960 bits per heavy atom. The van der Waals surface area contributed by atoms with Gasteiger partial charge in [-0.15, -0.1) is 0 Å². The number of halogens is 1. The van der Waals surface area contributed by atoms with Gasteiger partial charge in [-0.05, 0) is 94.5 Å². The lowest BCUT2D eigenvalue weighted by Gasteiger charge is -2.28. The summed E-state index contributed by atoms with van der Waals surface area (Å²) in [6.07, 6.45) is 0.381. The van der Waals surface area contributed by atoms with Crippen LogP contribution in [0.15, 0.2) is 93.6 Å². The first-order chi connectivity index (χ1) is 24.2. The Balaban J connectivity index is 1.21. The Hall–Kier alpha value is -5.27. The molecule has 0 aliphatic carbocycles. The van der Waals surface area contributed by atoms with E-state index in [0.717, 1.165) is 10.9 Å². The molecule has 0 saturated carbocycles. The highest BCUT2D eigenvalue weighted by Gasteiger charge is 2.32. The van der Waals surface area contributed by atoms with Gasteiger partial charge in [0.2, 0.25) is 0 Å². The number of ether oxygens (including phenoxy) is 5. The van der Waals surface area contributed by atoms with Crippen LogP contribution in [0, 0.1) is 0 Å². The van der Waals surface area contributed by atoms with Crippen molar-refractivity contribution in [2.24, 2.45) is 5.10 Å². The average molecular weight is 748 g/mol. The summed E-state index contributed by atoms with van der Waals surface area (Å²) in [5, 5.41) is 22.4. The van der Waals surface area contributed by atoms with E-state index in [-0.39, 0.29) is 12.2 Å². The highest BCUT2D eigenvalue weighted by Crippen LogP contribution is 2.38. The molecule has 1 heterocycles. The van der Waals surface area contributed by atoms with Crippen LogP contribution in [0.1, 0.15) is 43.5 Å². The fraction of sp³-hybridized carbons (Fsp3) is 0.270. The Bertz CT molecular complexity index is 1910. The number of hydrazone groups is 1. The van der Waals surface area contributed by atoms with Crippen LogP contribution >= 0.6 is 15.9 Å². The SMILES string of the molecule is CCOc1cc([C@H]2NC(=O)NC(C)=C2C(=O)OC)ccc1OC[C@H](O)N/N=C\c1cc(Br)c(OCc2ccc3ccccc3c2)c(OCC)c1. The fourth-order valence-corrected chi connectivity index (χ4v) is 5.94. The summed E-state index contributed by atoms with van der Waals surface area (Å²) in [5.74, 6) is 1.27. The molecule has 0 unspecified atom stereocenters. The maximum Gasteiger partial charge on any atom is 0.337 e. The molecule has 4 N–H and O–H groups in total. The molecule has 0 bridgehead atoms. The lowest BCUT2D eigenvalue weighted by atomic mass is 9.95. The fourth-order valence-electron chi connectivity index (χ4n) is 5.37. The van der Waals surface area contributed by atoms with Crippen molar-refractivity contribution in [3.05, 3.63) is 105 Å². The zero-order chi connectivity index (χ0) is 35.6. The second kappa shape index (κ2) is 16.9. The molecule has 50 heavy (non-hydrogen) atoms. The molecule has 0 fully saturated rings. The monoisotopic (exact) mass is 746 g/mol. The Kier molecular flexibility index (Phi) is 12.2. The number of benzene rings is 4. The van der Waals surface area contributed by atoms with Gasteiger partial charge in [0, 0.05) is 5.70 Å². The van der Waals surface area contributed by atoms with E-state index in [0.29, 0.717) is 64.1 Å². The Morgan fingerprint density at radius 2 is 1.72 bits per heavy atom. The van der Waals surface area contributed by atoms with Crippen LogP contribution in [-0.4, -0.2) is 56.5 Å². The molecule has 0 radical (unpaired) electrons. The van der Waals surface area contributed by atoms with Gasteiger partial charge in [-0.1, -0.05) is 42.5 Å². The van der Waals surface area contributed by atoms with E-state index in [2.05, 4.69) is 61.4 Å². The minimum Gasteiger partial charge on any atom is -0.490 e. The summed E-state index contributed by atoms with van der Waals surface area (Å²) in [4.78, 5) is 24.7. The third-order valence-electron chi connectivity index (χ3n) is 7.64. The first-order valence-electron chi connectivity index (χ1n) is 16.0. The first kappa shape index (κ1) is 36.0. The molecule has 2 amide bonds. The molecule has 4 aromatic carbocycles. The summed E-state index contributed by atoms with van der Waals surface area (Å²) in [5.41, 5.74) is 5.63. The number of esters is 1. The number of urea groups is 1. The molecule has 2 atom stereocenters. The van der Waals surface area contributed by atoms with E-state index in [4.69, 9.17) is 23.7 Å².